The van der Waals surface area contributed by atoms with Crippen molar-refractivity contribution < 1.29 is 23.8 Å². The van der Waals surface area contributed by atoms with E-state index in [0.29, 0.717) is 35.4 Å². The molecule has 0 aliphatic heterocycles. The molecule has 1 unspecified atom stereocenters. The number of aromatic nitrogens is 1. The number of benzene rings is 2. The Hall–Kier alpha value is -2.78. The second-order valence-corrected chi connectivity index (χ2v) is 10.7. The maximum atomic E-state index is 15.6. The van der Waals surface area contributed by atoms with Crippen molar-refractivity contribution in [3.8, 4) is 11.3 Å². The van der Waals surface area contributed by atoms with Gasteiger partial charge in [0.25, 0.3) is 5.91 Å². The average Bonchev–Trinajstić information content (AvgIpc) is 3.36. The Balaban J connectivity index is 1.79. The van der Waals surface area contributed by atoms with E-state index in [1.807, 2.05) is 6.92 Å². The van der Waals surface area contributed by atoms with E-state index in [0.717, 1.165) is 37.0 Å². The van der Waals surface area contributed by atoms with Crippen molar-refractivity contribution in [3.63, 3.8) is 0 Å². The fourth-order valence-corrected chi connectivity index (χ4v) is 5.22. The van der Waals surface area contributed by atoms with Gasteiger partial charge in [0.05, 0.1) is 21.8 Å². The summed E-state index contributed by atoms with van der Waals surface area (Å²) in [5, 5.41) is 14.0. The number of carboxylic acid groups (broad SMARTS) is 1. The summed E-state index contributed by atoms with van der Waals surface area (Å²) in [6.45, 7) is 6.17. The monoisotopic (exact) mass is 592 g/mol. The second kappa shape index (κ2) is 14.6. The SMILES string of the molecule is CCCCCOC(CCC)c1cccc(-c2csc(NC(=O)c3cc(Cl)c(/C=C(\C)C(=O)O)c(Cl)c3)n2)c1F. The van der Waals surface area contributed by atoms with Gasteiger partial charge in [-0.3, -0.25) is 10.1 Å². The molecule has 1 heterocycles. The van der Waals surface area contributed by atoms with Crippen LogP contribution in [-0.4, -0.2) is 28.6 Å². The molecule has 10 heteroatoms. The standard InChI is InChI=1S/C29H31Cl2FN2O4S/c1-4-6-7-12-38-25(9-5-2)20-11-8-10-19(26(20)32)24-16-39-29(33-24)34-27(35)18-14-22(30)21(23(31)15-18)13-17(3)28(36)37/h8,10-11,13-16,25H,4-7,9,12H2,1-3H3,(H,36,37)(H,33,34,35)/b17-13+. The number of ether oxygens (including phenoxy) is 1. The lowest BCUT2D eigenvalue weighted by Crippen LogP contribution is -2.12. The molecule has 0 spiro atoms. The van der Waals surface area contributed by atoms with E-state index in [1.165, 1.54) is 25.1 Å². The van der Waals surface area contributed by atoms with Gasteiger partial charge in [0, 0.05) is 39.8 Å². The van der Waals surface area contributed by atoms with Crippen LogP contribution in [0.5, 0.6) is 0 Å². The minimum Gasteiger partial charge on any atom is -0.478 e. The zero-order chi connectivity index (χ0) is 28.5. The predicted octanol–water partition coefficient (Wildman–Crippen LogP) is 9.04. The van der Waals surface area contributed by atoms with Crippen molar-refractivity contribution in [2.24, 2.45) is 0 Å². The number of halogens is 3. The van der Waals surface area contributed by atoms with Crippen LogP contribution in [0.3, 0.4) is 0 Å². The number of rotatable bonds is 13. The number of carboxylic acids is 1. The molecule has 0 saturated carbocycles. The van der Waals surface area contributed by atoms with E-state index in [4.69, 9.17) is 33.0 Å². The molecule has 3 aromatic rings. The molecule has 2 N–H and O–H groups in total. The third kappa shape index (κ3) is 8.11. The summed E-state index contributed by atoms with van der Waals surface area (Å²) in [6.07, 6.45) is 5.66. The summed E-state index contributed by atoms with van der Waals surface area (Å²) in [4.78, 5) is 28.4. The minimum atomic E-state index is -1.11. The van der Waals surface area contributed by atoms with Crippen LogP contribution in [0.2, 0.25) is 10.0 Å². The smallest absolute Gasteiger partial charge is 0.331 e. The van der Waals surface area contributed by atoms with Gasteiger partial charge in [-0.2, -0.15) is 0 Å². The molecule has 3 rings (SSSR count). The maximum absolute atomic E-state index is 15.6. The van der Waals surface area contributed by atoms with Crippen molar-refractivity contribution >= 4 is 57.6 Å². The van der Waals surface area contributed by atoms with Gasteiger partial charge >= 0.3 is 5.97 Å². The van der Waals surface area contributed by atoms with Crippen LogP contribution in [0.1, 0.15) is 80.5 Å². The number of nitrogens with zero attached hydrogens (tertiary/aromatic N) is 1. The molecule has 0 saturated heterocycles. The van der Waals surface area contributed by atoms with Crippen LogP contribution in [-0.2, 0) is 9.53 Å². The number of nitrogens with one attached hydrogen (secondary N) is 1. The van der Waals surface area contributed by atoms with Crippen LogP contribution in [0, 0.1) is 5.82 Å². The Kier molecular flexibility index (Phi) is 11.5. The van der Waals surface area contributed by atoms with Crippen molar-refractivity contribution in [2.45, 2.75) is 59.0 Å². The quantitative estimate of drug-likeness (QED) is 0.153. The van der Waals surface area contributed by atoms with E-state index in [2.05, 4.69) is 17.2 Å². The summed E-state index contributed by atoms with van der Waals surface area (Å²) < 4.78 is 21.7. The van der Waals surface area contributed by atoms with Gasteiger partial charge in [0.1, 0.15) is 5.82 Å². The summed E-state index contributed by atoms with van der Waals surface area (Å²) >= 11 is 13.7. The van der Waals surface area contributed by atoms with Gasteiger partial charge in [-0.15, -0.1) is 11.3 Å². The van der Waals surface area contributed by atoms with E-state index >= 15 is 4.39 Å². The molecule has 208 valence electrons. The first-order valence-electron chi connectivity index (χ1n) is 12.7. The van der Waals surface area contributed by atoms with Crippen LogP contribution < -0.4 is 5.32 Å². The molecule has 0 aliphatic carbocycles. The van der Waals surface area contributed by atoms with Crippen LogP contribution >= 0.6 is 34.5 Å². The highest BCUT2D eigenvalue weighted by Crippen LogP contribution is 2.34. The first-order valence-corrected chi connectivity index (χ1v) is 14.4. The number of unbranched alkanes of at least 4 members (excludes halogenated alkanes) is 2. The summed E-state index contributed by atoms with van der Waals surface area (Å²) in [5.74, 6) is -2.00. The summed E-state index contributed by atoms with van der Waals surface area (Å²) in [7, 11) is 0. The first kappa shape index (κ1) is 30.8. The zero-order valence-electron chi connectivity index (χ0n) is 22.0. The Morgan fingerprint density at radius 3 is 2.54 bits per heavy atom. The van der Waals surface area contributed by atoms with Crippen molar-refractivity contribution in [1.29, 1.82) is 0 Å². The van der Waals surface area contributed by atoms with E-state index in [1.54, 1.807) is 23.6 Å². The molecular weight excluding hydrogens is 562 g/mol. The fraction of sp³-hybridized carbons (Fsp3) is 0.345. The maximum Gasteiger partial charge on any atom is 0.331 e. The Bertz CT molecular complexity index is 1340. The van der Waals surface area contributed by atoms with Gasteiger partial charge < -0.3 is 9.84 Å². The Labute approximate surface area is 241 Å². The highest BCUT2D eigenvalue weighted by molar-refractivity contribution is 7.14. The van der Waals surface area contributed by atoms with E-state index in [-0.39, 0.29) is 38.2 Å². The normalized spacial score (nSPS) is 12.4. The van der Waals surface area contributed by atoms with Gasteiger partial charge in [0.2, 0.25) is 0 Å². The lowest BCUT2D eigenvalue weighted by Gasteiger charge is -2.19. The number of hydrogen-bond donors (Lipinski definition) is 2. The van der Waals surface area contributed by atoms with E-state index in [9.17, 15) is 9.59 Å². The van der Waals surface area contributed by atoms with Crippen molar-refractivity contribution in [2.75, 3.05) is 11.9 Å². The largest absolute Gasteiger partial charge is 0.478 e. The van der Waals surface area contributed by atoms with Crippen LogP contribution in [0.15, 0.2) is 41.3 Å². The molecule has 1 amide bonds. The molecule has 39 heavy (non-hydrogen) atoms. The highest BCUT2D eigenvalue weighted by atomic mass is 35.5. The van der Waals surface area contributed by atoms with E-state index < -0.39 is 11.9 Å². The van der Waals surface area contributed by atoms with Gasteiger partial charge in [-0.05, 0) is 44.0 Å². The van der Waals surface area contributed by atoms with Crippen molar-refractivity contribution in [1.82, 2.24) is 4.98 Å². The molecule has 6 nitrogen and oxygen atoms in total. The molecule has 0 aliphatic rings. The molecule has 1 atom stereocenters. The number of aliphatic carboxylic acids is 1. The highest BCUT2D eigenvalue weighted by Gasteiger charge is 2.21. The fourth-order valence-electron chi connectivity index (χ4n) is 3.92. The Morgan fingerprint density at radius 1 is 1.18 bits per heavy atom. The average molecular weight is 594 g/mol. The van der Waals surface area contributed by atoms with Crippen molar-refractivity contribution in [3.05, 3.63) is 73.8 Å². The van der Waals surface area contributed by atoms with Crippen LogP contribution in [0.4, 0.5) is 9.52 Å². The summed E-state index contributed by atoms with van der Waals surface area (Å²) in [6, 6.07) is 7.99. The zero-order valence-corrected chi connectivity index (χ0v) is 24.4. The molecule has 0 bridgehead atoms. The molecule has 1 aromatic heterocycles. The molecule has 0 fully saturated rings. The summed E-state index contributed by atoms with van der Waals surface area (Å²) in [5.41, 5.74) is 1.75. The third-order valence-electron chi connectivity index (χ3n) is 6.03. The van der Waals surface area contributed by atoms with Crippen LogP contribution in [0.25, 0.3) is 17.3 Å². The number of carbonyl (C=O) groups is 2. The lowest BCUT2D eigenvalue weighted by atomic mass is 10.0. The molecular formula is C29H31Cl2FN2O4S. The number of thiazole rings is 1. The predicted molar refractivity (Wildman–Crippen MR) is 156 cm³/mol. The number of hydrogen-bond acceptors (Lipinski definition) is 5. The number of anilines is 1. The first-order chi connectivity index (χ1) is 18.7. The van der Waals surface area contributed by atoms with Gasteiger partial charge in [-0.1, -0.05) is 68.4 Å². The minimum absolute atomic E-state index is 0.0479. The molecule has 2 aromatic carbocycles. The lowest BCUT2D eigenvalue weighted by molar-refractivity contribution is -0.132. The second-order valence-electron chi connectivity index (χ2n) is 9.04. The number of carbonyl (C=O) groups excluding carboxylic acids is 1. The molecule has 0 radical (unpaired) electrons. The third-order valence-corrected chi connectivity index (χ3v) is 7.42. The van der Waals surface area contributed by atoms with Gasteiger partial charge in [-0.25, -0.2) is 14.2 Å². The van der Waals surface area contributed by atoms with Gasteiger partial charge in [0.15, 0.2) is 5.13 Å². The Morgan fingerprint density at radius 2 is 1.90 bits per heavy atom. The topological polar surface area (TPSA) is 88.5 Å². The number of amides is 1.